The first-order chi connectivity index (χ1) is 9.13. The first-order valence-corrected chi connectivity index (χ1v) is 6.66. The molecule has 3 aromatic rings. The first kappa shape index (κ1) is 12.0. The highest BCUT2D eigenvalue weighted by atomic mass is 16.1. The summed E-state index contributed by atoms with van der Waals surface area (Å²) < 4.78 is 2.22. The fraction of sp³-hybridized carbons (Fsp3) is 0.235. The number of nitrogens with zero attached hydrogens (tertiary/aromatic N) is 1. The third-order valence-electron chi connectivity index (χ3n) is 3.90. The summed E-state index contributed by atoms with van der Waals surface area (Å²) in [4.78, 5) is 12.6. The molecule has 2 heteroatoms. The van der Waals surface area contributed by atoms with E-state index in [1.165, 1.54) is 11.1 Å². The maximum Gasteiger partial charge on any atom is 0.197 e. The highest BCUT2D eigenvalue weighted by Crippen LogP contribution is 2.22. The van der Waals surface area contributed by atoms with Gasteiger partial charge in [0, 0.05) is 17.3 Å². The van der Waals surface area contributed by atoms with E-state index in [1.54, 1.807) is 0 Å². The van der Waals surface area contributed by atoms with E-state index in [4.69, 9.17) is 0 Å². The summed E-state index contributed by atoms with van der Waals surface area (Å²) in [6.45, 7) is 7.12. The van der Waals surface area contributed by atoms with Gasteiger partial charge in [-0.15, -0.1) is 0 Å². The van der Waals surface area contributed by atoms with E-state index < -0.39 is 0 Å². The Bertz CT molecular complexity index is 843. The Balaban J connectivity index is 2.66. The van der Waals surface area contributed by atoms with Crippen LogP contribution in [0.4, 0.5) is 0 Å². The Morgan fingerprint density at radius 1 is 0.947 bits per heavy atom. The average Bonchev–Trinajstić information content (AvgIpc) is 2.42. The van der Waals surface area contributed by atoms with E-state index >= 15 is 0 Å². The summed E-state index contributed by atoms with van der Waals surface area (Å²) in [5, 5.41) is 1.63. The largest absolute Gasteiger partial charge is 0.341 e. The molecule has 0 radical (unpaired) electrons. The molecule has 0 amide bonds. The quantitative estimate of drug-likeness (QED) is 0.603. The van der Waals surface area contributed by atoms with Gasteiger partial charge in [0.1, 0.15) is 0 Å². The van der Waals surface area contributed by atoms with Gasteiger partial charge in [0.05, 0.1) is 11.0 Å². The Kier molecular flexibility index (Phi) is 2.67. The highest BCUT2D eigenvalue weighted by molar-refractivity contribution is 5.94. The molecule has 0 aliphatic carbocycles. The van der Waals surface area contributed by atoms with Crippen LogP contribution in [-0.4, -0.2) is 4.57 Å². The van der Waals surface area contributed by atoms with E-state index in [1.807, 2.05) is 30.3 Å². The van der Waals surface area contributed by atoms with Gasteiger partial charge >= 0.3 is 0 Å². The lowest BCUT2D eigenvalue weighted by molar-refractivity contribution is 0.820. The van der Waals surface area contributed by atoms with Crippen molar-refractivity contribution in [3.05, 3.63) is 57.7 Å². The molecule has 3 rings (SSSR count). The summed E-state index contributed by atoms with van der Waals surface area (Å²) in [5.74, 6) is 0. The minimum Gasteiger partial charge on any atom is -0.341 e. The molecule has 1 aromatic heterocycles. The molecule has 0 fully saturated rings. The van der Waals surface area contributed by atoms with Gasteiger partial charge in [-0.3, -0.25) is 4.79 Å². The summed E-state index contributed by atoms with van der Waals surface area (Å²) >= 11 is 0. The van der Waals surface area contributed by atoms with Crippen LogP contribution in [0, 0.1) is 13.8 Å². The molecule has 1 heterocycles. The van der Waals surface area contributed by atoms with Crippen LogP contribution in [0.1, 0.15) is 18.1 Å². The predicted molar refractivity (Wildman–Crippen MR) is 80.9 cm³/mol. The molecule has 0 bridgehead atoms. The van der Waals surface area contributed by atoms with Crippen molar-refractivity contribution in [3.8, 4) is 0 Å². The smallest absolute Gasteiger partial charge is 0.197 e. The van der Waals surface area contributed by atoms with Crippen LogP contribution in [-0.2, 0) is 6.54 Å². The number of pyridine rings is 1. The monoisotopic (exact) mass is 251 g/mol. The maximum atomic E-state index is 12.6. The molecular weight excluding hydrogens is 234 g/mol. The second kappa shape index (κ2) is 4.23. The molecular formula is C17H17NO. The fourth-order valence-corrected chi connectivity index (χ4v) is 2.72. The van der Waals surface area contributed by atoms with Gasteiger partial charge in [0.2, 0.25) is 0 Å². The highest BCUT2D eigenvalue weighted by Gasteiger charge is 2.10. The van der Waals surface area contributed by atoms with E-state index in [9.17, 15) is 4.79 Å². The Morgan fingerprint density at radius 3 is 2.37 bits per heavy atom. The number of rotatable bonds is 1. The number of para-hydroxylation sites is 1. The minimum atomic E-state index is 0.137. The molecule has 0 saturated carbocycles. The third-order valence-corrected chi connectivity index (χ3v) is 3.90. The summed E-state index contributed by atoms with van der Waals surface area (Å²) in [6, 6.07) is 12.0. The molecule has 0 spiro atoms. The third kappa shape index (κ3) is 1.67. The summed E-state index contributed by atoms with van der Waals surface area (Å²) in [5.41, 5.74) is 4.59. The number of fused-ring (bicyclic) bond motifs is 2. The van der Waals surface area contributed by atoms with Crippen LogP contribution in [0.15, 0.2) is 41.2 Å². The van der Waals surface area contributed by atoms with Gasteiger partial charge in [0.15, 0.2) is 5.43 Å². The van der Waals surface area contributed by atoms with E-state index in [-0.39, 0.29) is 5.43 Å². The molecule has 2 nitrogen and oxygen atoms in total. The van der Waals surface area contributed by atoms with Crippen LogP contribution < -0.4 is 5.43 Å². The Morgan fingerprint density at radius 2 is 1.63 bits per heavy atom. The summed E-state index contributed by atoms with van der Waals surface area (Å²) in [6.07, 6.45) is 0. The lowest BCUT2D eigenvalue weighted by Gasteiger charge is -2.14. The van der Waals surface area contributed by atoms with Crippen molar-refractivity contribution in [1.82, 2.24) is 4.57 Å². The molecule has 0 saturated heterocycles. The molecule has 96 valence electrons. The zero-order valence-electron chi connectivity index (χ0n) is 11.5. The van der Waals surface area contributed by atoms with Crippen molar-refractivity contribution in [2.24, 2.45) is 0 Å². The molecule has 0 aliphatic heterocycles. The van der Waals surface area contributed by atoms with E-state index in [0.717, 1.165) is 28.4 Å². The average molecular weight is 251 g/mol. The Hall–Kier alpha value is -2.09. The molecule has 0 unspecified atom stereocenters. The number of aryl methyl sites for hydroxylation is 3. The molecule has 0 atom stereocenters. The molecule has 19 heavy (non-hydrogen) atoms. The van der Waals surface area contributed by atoms with Crippen LogP contribution >= 0.6 is 0 Å². The summed E-state index contributed by atoms with van der Waals surface area (Å²) in [7, 11) is 0. The zero-order valence-corrected chi connectivity index (χ0v) is 11.5. The van der Waals surface area contributed by atoms with Crippen LogP contribution in [0.3, 0.4) is 0 Å². The number of aromatic nitrogens is 1. The van der Waals surface area contributed by atoms with Crippen molar-refractivity contribution < 1.29 is 0 Å². The van der Waals surface area contributed by atoms with Crippen molar-refractivity contribution in [1.29, 1.82) is 0 Å². The lowest BCUT2D eigenvalue weighted by atomic mass is 10.0. The SMILES string of the molecule is CCn1c2ccccc2c(=O)c2cc(C)c(C)cc21. The van der Waals surface area contributed by atoms with Gasteiger partial charge in [-0.25, -0.2) is 0 Å². The van der Waals surface area contributed by atoms with Crippen LogP contribution in [0.5, 0.6) is 0 Å². The van der Waals surface area contributed by atoms with Crippen LogP contribution in [0.2, 0.25) is 0 Å². The lowest BCUT2D eigenvalue weighted by Crippen LogP contribution is -2.11. The zero-order chi connectivity index (χ0) is 13.6. The Labute approximate surface area is 112 Å². The standard InChI is InChI=1S/C17H17NO/c1-4-18-15-8-6-5-7-13(15)17(19)14-9-11(2)12(3)10-16(14)18/h5-10H,4H2,1-3H3. The van der Waals surface area contributed by atoms with Crippen molar-refractivity contribution >= 4 is 21.8 Å². The maximum absolute atomic E-state index is 12.6. The van der Waals surface area contributed by atoms with Gasteiger partial charge in [0.25, 0.3) is 0 Å². The van der Waals surface area contributed by atoms with Crippen molar-refractivity contribution in [3.63, 3.8) is 0 Å². The van der Waals surface area contributed by atoms with Gasteiger partial charge in [-0.1, -0.05) is 12.1 Å². The first-order valence-electron chi connectivity index (χ1n) is 6.66. The van der Waals surface area contributed by atoms with Gasteiger partial charge in [-0.05, 0) is 56.2 Å². The van der Waals surface area contributed by atoms with E-state index in [2.05, 4.69) is 31.4 Å². The van der Waals surface area contributed by atoms with Crippen LogP contribution in [0.25, 0.3) is 21.8 Å². The second-order valence-electron chi connectivity index (χ2n) is 5.04. The van der Waals surface area contributed by atoms with Gasteiger partial charge < -0.3 is 4.57 Å². The normalized spacial score (nSPS) is 11.3. The second-order valence-corrected chi connectivity index (χ2v) is 5.04. The molecule has 0 N–H and O–H groups in total. The van der Waals surface area contributed by atoms with Crippen molar-refractivity contribution in [2.45, 2.75) is 27.3 Å². The number of benzene rings is 2. The van der Waals surface area contributed by atoms with Crippen molar-refractivity contribution in [2.75, 3.05) is 0 Å². The molecule has 0 aliphatic rings. The van der Waals surface area contributed by atoms with E-state index in [0.29, 0.717) is 0 Å². The van der Waals surface area contributed by atoms with Gasteiger partial charge in [-0.2, -0.15) is 0 Å². The fourth-order valence-electron chi connectivity index (χ4n) is 2.72. The number of hydrogen-bond donors (Lipinski definition) is 0. The number of hydrogen-bond acceptors (Lipinski definition) is 1. The predicted octanol–water partition coefficient (Wildman–Crippen LogP) is 3.79. The minimum absolute atomic E-state index is 0.137. The topological polar surface area (TPSA) is 22.0 Å². The molecule has 2 aromatic carbocycles.